The van der Waals surface area contributed by atoms with Gasteiger partial charge in [-0.05, 0) is 31.5 Å². The normalized spacial score (nSPS) is 12.1. The fourth-order valence-corrected chi connectivity index (χ4v) is 3.43. The Morgan fingerprint density at radius 3 is 2.83 bits per heavy atom. The summed E-state index contributed by atoms with van der Waals surface area (Å²) in [5.74, 6) is 0.696. The molecule has 0 fully saturated rings. The van der Waals surface area contributed by atoms with Gasteiger partial charge >= 0.3 is 0 Å². The molecule has 1 amide bonds. The van der Waals surface area contributed by atoms with Gasteiger partial charge in [-0.25, -0.2) is 9.98 Å². The number of aromatic nitrogens is 1. The first-order chi connectivity index (χ1) is 13.5. The molecule has 1 aromatic carbocycles. The van der Waals surface area contributed by atoms with E-state index in [1.165, 1.54) is 0 Å². The van der Waals surface area contributed by atoms with Crippen molar-refractivity contribution in [2.75, 3.05) is 27.7 Å². The lowest BCUT2D eigenvalue weighted by Gasteiger charge is -2.21. The van der Waals surface area contributed by atoms with Crippen LogP contribution >= 0.6 is 35.3 Å². The summed E-state index contributed by atoms with van der Waals surface area (Å²) in [6, 6.07) is 7.51. The van der Waals surface area contributed by atoms with Gasteiger partial charge in [-0.3, -0.25) is 4.79 Å². The van der Waals surface area contributed by atoms with E-state index in [2.05, 4.69) is 21.0 Å². The van der Waals surface area contributed by atoms with Crippen molar-refractivity contribution in [3.8, 4) is 0 Å². The van der Waals surface area contributed by atoms with Gasteiger partial charge in [-0.2, -0.15) is 0 Å². The standard InChI is InChI=1S/C20H29N5O2S.HI/c1-6-22-20(23-11-15-8-7-9-16(10-15)18(26)21-3)25(4)12-17-13-28-19(24-17)14(2)27-5;/h7-10,13-14H,6,11-12H2,1-5H3,(H,21,26)(H,22,23);1H. The Kier molecular flexibility index (Phi) is 11.1. The molecular formula is C20H30IN5O2S. The number of nitrogens with one attached hydrogen (secondary N) is 2. The number of amides is 1. The monoisotopic (exact) mass is 531 g/mol. The lowest BCUT2D eigenvalue weighted by molar-refractivity contribution is 0.0963. The molecule has 29 heavy (non-hydrogen) atoms. The number of carbonyl (C=O) groups is 1. The molecular weight excluding hydrogens is 501 g/mol. The third-order valence-corrected chi connectivity index (χ3v) is 5.25. The summed E-state index contributed by atoms with van der Waals surface area (Å²) < 4.78 is 5.33. The number of hydrogen-bond donors (Lipinski definition) is 2. The van der Waals surface area contributed by atoms with Crippen LogP contribution in [-0.4, -0.2) is 49.5 Å². The van der Waals surface area contributed by atoms with Crippen molar-refractivity contribution in [2.24, 2.45) is 4.99 Å². The van der Waals surface area contributed by atoms with E-state index >= 15 is 0 Å². The van der Waals surface area contributed by atoms with Crippen molar-refractivity contribution < 1.29 is 9.53 Å². The Morgan fingerprint density at radius 2 is 2.17 bits per heavy atom. The Hall–Kier alpha value is -1.72. The molecule has 160 valence electrons. The van der Waals surface area contributed by atoms with Crippen LogP contribution in [0.4, 0.5) is 0 Å². The van der Waals surface area contributed by atoms with Crippen LogP contribution < -0.4 is 10.6 Å². The first kappa shape index (κ1) is 25.3. The van der Waals surface area contributed by atoms with Crippen LogP contribution in [0.2, 0.25) is 0 Å². The smallest absolute Gasteiger partial charge is 0.251 e. The molecule has 2 N–H and O–H groups in total. The molecule has 0 aliphatic heterocycles. The number of thiazole rings is 1. The van der Waals surface area contributed by atoms with E-state index < -0.39 is 0 Å². The topological polar surface area (TPSA) is 78.9 Å². The predicted molar refractivity (Wildman–Crippen MR) is 129 cm³/mol. The van der Waals surface area contributed by atoms with E-state index in [1.807, 2.05) is 44.0 Å². The van der Waals surface area contributed by atoms with E-state index in [9.17, 15) is 4.79 Å². The fourth-order valence-electron chi connectivity index (χ4n) is 2.59. The molecule has 9 heteroatoms. The van der Waals surface area contributed by atoms with Gasteiger partial charge in [0.05, 0.1) is 18.8 Å². The SMILES string of the molecule is CCNC(=NCc1cccc(C(=O)NC)c1)N(C)Cc1csc(C(C)OC)n1.I. The fraction of sp³-hybridized carbons (Fsp3) is 0.450. The van der Waals surface area contributed by atoms with Gasteiger partial charge in [0.1, 0.15) is 11.1 Å². The molecule has 1 heterocycles. The summed E-state index contributed by atoms with van der Waals surface area (Å²) in [5.41, 5.74) is 2.60. The number of halogens is 1. The second-order valence-electron chi connectivity index (χ2n) is 6.36. The molecule has 0 saturated heterocycles. The van der Waals surface area contributed by atoms with Crippen molar-refractivity contribution in [1.82, 2.24) is 20.5 Å². The molecule has 0 saturated carbocycles. The van der Waals surface area contributed by atoms with Crippen molar-refractivity contribution in [2.45, 2.75) is 33.0 Å². The first-order valence-corrected chi connectivity index (χ1v) is 10.1. The van der Waals surface area contributed by atoms with Gasteiger partial charge in [0.15, 0.2) is 5.96 Å². The van der Waals surface area contributed by atoms with Gasteiger partial charge in [0.2, 0.25) is 0 Å². The highest BCUT2D eigenvalue weighted by Crippen LogP contribution is 2.21. The minimum absolute atomic E-state index is 0. The molecule has 7 nitrogen and oxygen atoms in total. The van der Waals surface area contributed by atoms with E-state index in [0.717, 1.165) is 28.8 Å². The summed E-state index contributed by atoms with van der Waals surface area (Å²) >= 11 is 1.60. The molecule has 0 spiro atoms. The summed E-state index contributed by atoms with van der Waals surface area (Å²) in [6.07, 6.45) is -0.00134. The van der Waals surface area contributed by atoms with Crippen LogP contribution in [0.1, 0.15) is 46.6 Å². The maximum atomic E-state index is 11.8. The summed E-state index contributed by atoms with van der Waals surface area (Å²) in [5, 5.41) is 8.98. The molecule has 2 rings (SSSR count). The Labute approximate surface area is 194 Å². The average molecular weight is 531 g/mol. The van der Waals surface area contributed by atoms with Crippen LogP contribution in [0.15, 0.2) is 34.6 Å². The van der Waals surface area contributed by atoms with E-state index in [0.29, 0.717) is 18.7 Å². The molecule has 1 aromatic heterocycles. The van der Waals surface area contributed by atoms with Crippen molar-refractivity contribution >= 4 is 47.2 Å². The Balaban J connectivity index is 0.00000420. The van der Waals surface area contributed by atoms with Crippen molar-refractivity contribution in [3.05, 3.63) is 51.5 Å². The van der Waals surface area contributed by atoms with E-state index in [4.69, 9.17) is 9.73 Å². The van der Waals surface area contributed by atoms with Crippen LogP contribution in [0.5, 0.6) is 0 Å². The molecule has 1 unspecified atom stereocenters. The molecule has 0 aliphatic carbocycles. The van der Waals surface area contributed by atoms with Crippen LogP contribution in [-0.2, 0) is 17.8 Å². The quantitative estimate of drug-likeness (QED) is 0.310. The highest BCUT2D eigenvalue weighted by atomic mass is 127. The minimum Gasteiger partial charge on any atom is -0.375 e. The second-order valence-corrected chi connectivity index (χ2v) is 7.25. The van der Waals surface area contributed by atoms with Gasteiger partial charge in [0.25, 0.3) is 5.91 Å². The lowest BCUT2D eigenvalue weighted by Crippen LogP contribution is -2.38. The summed E-state index contributed by atoms with van der Waals surface area (Å²) in [6.45, 7) is 5.93. The Bertz CT molecular complexity index is 812. The van der Waals surface area contributed by atoms with E-state index in [1.54, 1.807) is 31.6 Å². The molecule has 1 atom stereocenters. The second kappa shape index (κ2) is 12.8. The number of aliphatic imine (C=N–C) groups is 1. The van der Waals surface area contributed by atoms with Gasteiger partial charge in [0, 0.05) is 38.7 Å². The zero-order chi connectivity index (χ0) is 20.5. The first-order valence-electron chi connectivity index (χ1n) is 9.26. The maximum absolute atomic E-state index is 11.8. The maximum Gasteiger partial charge on any atom is 0.251 e. The summed E-state index contributed by atoms with van der Waals surface area (Å²) in [7, 11) is 5.30. The largest absolute Gasteiger partial charge is 0.375 e. The number of ether oxygens (including phenoxy) is 1. The molecule has 0 bridgehead atoms. The predicted octanol–water partition coefficient (Wildman–Crippen LogP) is 3.43. The highest BCUT2D eigenvalue weighted by Gasteiger charge is 2.13. The molecule has 2 aromatic rings. The number of nitrogens with zero attached hydrogens (tertiary/aromatic N) is 3. The number of rotatable bonds is 8. The number of carbonyl (C=O) groups excluding carboxylic acids is 1. The van der Waals surface area contributed by atoms with Crippen molar-refractivity contribution in [3.63, 3.8) is 0 Å². The highest BCUT2D eigenvalue weighted by molar-refractivity contribution is 14.0. The average Bonchev–Trinajstić information content (AvgIpc) is 3.18. The van der Waals surface area contributed by atoms with Crippen molar-refractivity contribution in [1.29, 1.82) is 0 Å². The van der Waals surface area contributed by atoms with Crippen LogP contribution in [0, 0.1) is 0 Å². The van der Waals surface area contributed by atoms with Crippen LogP contribution in [0.25, 0.3) is 0 Å². The number of benzene rings is 1. The molecule has 0 aliphatic rings. The molecule has 0 radical (unpaired) electrons. The third kappa shape index (κ3) is 7.56. The van der Waals surface area contributed by atoms with Gasteiger partial charge < -0.3 is 20.3 Å². The number of methoxy groups -OCH3 is 1. The third-order valence-electron chi connectivity index (χ3n) is 4.19. The van der Waals surface area contributed by atoms with Crippen LogP contribution in [0.3, 0.4) is 0 Å². The number of guanidine groups is 1. The number of hydrogen-bond acceptors (Lipinski definition) is 5. The zero-order valence-electron chi connectivity index (χ0n) is 17.6. The zero-order valence-corrected chi connectivity index (χ0v) is 20.7. The van der Waals surface area contributed by atoms with Gasteiger partial charge in [-0.15, -0.1) is 35.3 Å². The Morgan fingerprint density at radius 1 is 1.41 bits per heavy atom. The van der Waals surface area contributed by atoms with E-state index in [-0.39, 0.29) is 36.0 Å². The minimum atomic E-state index is -0.0977. The van der Waals surface area contributed by atoms with Gasteiger partial charge in [-0.1, -0.05) is 12.1 Å². The lowest BCUT2D eigenvalue weighted by atomic mass is 10.1. The summed E-state index contributed by atoms with van der Waals surface area (Å²) in [4.78, 5) is 23.2.